The molecule has 0 aliphatic rings. The van der Waals surface area contributed by atoms with Crippen molar-refractivity contribution in [3.8, 4) is 0 Å². The lowest BCUT2D eigenvalue weighted by atomic mass is 10.1. The van der Waals surface area contributed by atoms with Crippen LogP contribution in [0.4, 0.5) is 17.1 Å². The van der Waals surface area contributed by atoms with Gasteiger partial charge in [-0.25, -0.2) is 8.42 Å². The second kappa shape index (κ2) is 15.7. The monoisotopic (exact) mass is 568 g/mol. The van der Waals surface area contributed by atoms with E-state index >= 15 is 0 Å². The van der Waals surface area contributed by atoms with Gasteiger partial charge in [-0.05, 0) is 47.8 Å². The van der Waals surface area contributed by atoms with Crippen molar-refractivity contribution in [2.75, 3.05) is 5.32 Å². The van der Waals surface area contributed by atoms with Crippen molar-refractivity contribution >= 4 is 38.7 Å². The van der Waals surface area contributed by atoms with E-state index in [0.29, 0.717) is 17.0 Å². The highest BCUT2D eigenvalue weighted by Gasteiger charge is 2.12. The van der Waals surface area contributed by atoms with E-state index in [-0.39, 0.29) is 27.1 Å². The number of nitro groups is 2. The maximum Gasteiger partial charge on any atom is 0.296 e. The first-order valence-corrected chi connectivity index (χ1v) is 12.6. The summed E-state index contributed by atoms with van der Waals surface area (Å²) < 4.78 is 25.2. The first kappa shape index (κ1) is 32.6. The molecule has 0 aromatic heterocycles. The summed E-state index contributed by atoms with van der Waals surface area (Å²) in [6.07, 6.45) is 0.835. The number of hydrogen-bond donors (Lipinski definition) is 1. The van der Waals surface area contributed by atoms with E-state index in [2.05, 4.69) is 19.5 Å². The molecule has 0 atom stereocenters. The summed E-state index contributed by atoms with van der Waals surface area (Å²) in [7, 11) is -3.96. The predicted octanol–water partition coefficient (Wildman–Crippen LogP) is 5.43. The van der Waals surface area contributed by atoms with E-state index in [0.717, 1.165) is 12.0 Å². The molecule has 0 bridgehead atoms. The molecule has 3 aromatic carbocycles. The van der Waals surface area contributed by atoms with Gasteiger partial charge in [-0.3, -0.25) is 25.0 Å². The zero-order valence-electron chi connectivity index (χ0n) is 21.5. The second-order valence-electron chi connectivity index (χ2n) is 7.63. The van der Waals surface area contributed by atoms with Crippen LogP contribution in [-0.2, 0) is 21.2 Å². The molecule has 0 saturated heterocycles. The fourth-order valence-electron chi connectivity index (χ4n) is 2.80. The smallest absolute Gasteiger partial charge is 0.296 e. The molecule has 3 aromatic rings. The summed E-state index contributed by atoms with van der Waals surface area (Å²) in [4.78, 5) is 35.5. The zero-order chi connectivity index (χ0) is 30.3. The first-order valence-electron chi connectivity index (χ1n) is 11.2. The molecule has 0 heterocycles. The number of sulfonamides is 1. The lowest BCUT2D eigenvalue weighted by Crippen LogP contribution is -2.05. The average Bonchev–Trinajstić information content (AvgIpc) is 2.93. The number of aryl methyl sites for hydroxylation is 1. The molecule has 0 aliphatic carbocycles. The largest absolute Gasteiger partial charge is 0.361 e. The highest BCUT2D eigenvalue weighted by Crippen LogP contribution is 2.16. The van der Waals surface area contributed by atoms with Crippen molar-refractivity contribution in [1.82, 2.24) is 0 Å². The molecule has 1 N–H and O–H groups in total. The van der Waals surface area contributed by atoms with Gasteiger partial charge in [0.05, 0.1) is 20.3 Å². The molecule has 0 unspecified atom stereocenters. The minimum atomic E-state index is -3.96. The lowest BCUT2D eigenvalue weighted by Gasteiger charge is -2.02. The molecular formula is C24H24N8O7S. The number of carbonyl (C=O) groups is 1. The van der Waals surface area contributed by atoms with E-state index < -0.39 is 14.9 Å². The number of nitrogens with one attached hydrogen (secondary N) is 1. The Morgan fingerprint density at radius 2 is 1.48 bits per heavy atom. The number of hydrogen-bond acceptors (Lipinski definition) is 7. The maximum atomic E-state index is 11.3. The van der Waals surface area contributed by atoms with Crippen LogP contribution in [0.25, 0.3) is 16.0 Å². The maximum absolute atomic E-state index is 11.3. The van der Waals surface area contributed by atoms with Gasteiger partial charge in [-0.15, -0.1) is 0 Å². The highest BCUT2D eigenvalue weighted by atomic mass is 32.2. The number of rotatable bonds is 7. The number of carbonyl (C=O) groups excluding carboxylic acids is 1. The molecule has 3 rings (SSSR count). The Hall–Kier alpha value is -5.43. The molecule has 16 heteroatoms. The van der Waals surface area contributed by atoms with Crippen LogP contribution in [0.3, 0.4) is 0 Å². The number of amides is 1. The molecule has 0 radical (unpaired) electrons. The minimum absolute atomic E-state index is 0.0134. The Morgan fingerprint density at radius 1 is 0.925 bits per heavy atom. The molecule has 0 spiro atoms. The summed E-state index contributed by atoms with van der Waals surface area (Å²) in [5.74, 6) is -0.259. The van der Waals surface area contributed by atoms with Gasteiger partial charge in [-0.1, -0.05) is 25.1 Å². The Balaban J connectivity index is 0.000000305. The Kier molecular flexibility index (Phi) is 12.8. The summed E-state index contributed by atoms with van der Waals surface area (Å²) in [5.41, 5.74) is 19.0. The van der Waals surface area contributed by atoms with Gasteiger partial charge in [0.2, 0.25) is 5.91 Å². The van der Waals surface area contributed by atoms with E-state index in [1.165, 1.54) is 49.4 Å². The minimum Gasteiger partial charge on any atom is -0.361 e. The van der Waals surface area contributed by atoms with Crippen LogP contribution in [0.5, 0.6) is 0 Å². The van der Waals surface area contributed by atoms with Gasteiger partial charge < -0.3 is 10.8 Å². The SMILES string of the molecule is CC(=O)Nc1ccc(S(=O)(=O)N=[N+]=[N-])cc1.CC(=[N+]=[N-])c1cccc([N+](=O)[O-])c1.CCc1cccc([N+](=O)[O-])c1. The molecule has 0 aliphatic heterocycles. The van der Waals surface area contributed by atoms with Crippen LogP contribution in [0.2, 0.25) is 0 Å². The Labute approximate surface area is 228 Å². The van der Waals surface area contributed by atoms with Crippen LogP contribution >= 0.6 is 0 Å². The standard InChI is InChI=1S/C8H8N4O3S.C8H7N3O2.C8H9NO2/c1-6(13)10-7-2-4-8(5-3-7)16(14,15)12-11-9;1-6(10-9)7-3-2-4-8(5-7)11(12)13;1-2-7-4-3-5-8(6-7)9(10)11/h2-5H,1H3,(H,10,13);2-5H,1H3;3-6H,2H2,1H3. The number of azide groups is 1. The van der Waals surface area contributed by atoms with Crippen molar-refractivity contribution < 1.29 is 27.8 Å². The molecule has 208 valence electrons. The van der Waals surface area contributed by atoms with Gasteiger partial charge >= 0.3 is 0 Å². The van der Waals surface area contributed by atoms with E-state index in [1.54, 1.807) is 31.2 Å². The third-order valence-electron chi connectivity index (χ3n) is 4.77. The van der Waals surface area contributed by atoms with Gasteiger partial charge in [0.15, 0.2) is 0 Å². The molecular weight excluding hydrogens is 544 g/mol. The van der Waals surface area contributed by atoms with Crippen molar-refractivity contribution in [1.29, 1.82) is 0 Å². The first-order chi connectivity index (χ1) is 18.8. The van der Waals surface area contributed by atoms with E-state index in [1.807, 2.05) is 13.0 Å². The predicted molar refractivity (Wildman–Crippen MR) is 146 cm³/mol. The Bertz CT molecular complexity index is 1580. The number of nitro benzene ring substituents is 2. The third-order valence-corrected chi connectivity index (χ3v) is 5.93. The van der Waals surface area contributed by atoms with Crippen LogP contribution < -0.4 is 5.32 Å². The molecule has 15 nitrogen and oxygen atoms in total. The van der Waals surface area contributed by atoms with Crippen LogP contribution in [-0.4, -0.2) is 34.7 Å². The van der Waals surface area contributed by atoms with Crippen molar-refractivity contribution in [2.24, 2.45) is 4.52 Å². The van der Waals surface area contributed by atoms with Gasteiger partial charge in [-0.2, -0.15) is 4.79 Å². The quantitative estimate of drug-likeness (QED) is 0.0966. The fraction of sp³-hybridized carbons (Fsp3) is 0.167. The molecule has 40 heavy (non-hydrogen) atoms. The van der Waals surface area contributed by atoms with Gasteiger partial charge in [0, 0.05) is 53.2 Å². The molecule has 0 saturated carbocycles. The topological polar surface area (TPSA) is 235 Å². The van der Waals surface area contributed by atoms with Crippen molar-refractivity contribution in [3.05, 3.63) is 120 Å². The summed E-state index contributed by atoms with van der Waals surface area (Å²) in [6.45, 7) is 4.88. The summed E-state index contributed by atoms with van der Waals surface area (Å²) in [6, 6.07) is 17.9. The average molecular weight is 569 g/mol. The van der Waals surface area contributed by atoms with Crippen molar-refractivity contribution in [3.63, 3.8) is 0 Å². The zero-order valence-corrected chi connectivity index (χ0v) is 22.3. The van der Waals surface area contributed by atoms with Crippen LogP contribution in [0, 0.1) is 20.2 Å². The third kappa shape index (κ3) is 10.9. The van der Waals surface area contributed by atoms with Crippen LogP contribution in [0.15, 0.2) is 82.2 Å². The summed E-state index contributed by atoms with van der Waals surface area (Å²) >= 11 is 0. The fourth-order valence-corrected chi connectivity index (χ4v) is 3.47. The highest BCUT2D eigenvalue weighted by molar-refractivity contribution is 7.90. The normalized spacial score (nSPS) is 9.68. The van der Waals surface area contributed by atoms with Gasteiger partial charge in [0.1, 0.15) is 0 Å². The van der Waals surface area contributed by atoms with E-state index in [4.69, 9.17) is 11.1 Å². The Morgan fingerprint density at radius 3 is 1.95 bits per heavy atom. The van der Waals surface area contributed by atoms with E-state index in [9.17, 15) is 33.4 Å². The van der Waals surface area contributed by atoms with Crippen molar-refractivity contribution in [2.45, 2.75) is 32.1 Å². The lowest BCUT2D eigenvalue weighted by molar-refractivity contribution is -0.385. The number of nitrogens with zero attached hydrogens (tertiary/aromatic N) is 7. The molecule has 0 fully saturated rings. The second-order valence-corrected chi connectivity index (χ2v) is 9.21. The van der Waals surface area contributed by atoms with Crippen LogP contribution in [0.1, 0.15) is 31.9 Å². The van der Waals surface area contributed by atoms with Gasteiger partial charge in [0.25, 0.3) is 27.1 Å². The summed E-state index contributed by atoms with van der Waals surface area (Å²) in [5, 5.41) is 23.1. The number of anilines is 1. The number of non-ortho nitro benzene ring substituents is 2. The number of benzene rings is 3. The molecule has 1 amide bonds.